The molecule has 0 radical (unpaired) electrons. The molecule has 0 saturated carbocycles. The average molecular weight is 246 g/mol. The molecule has 0 heterocycles. The maximum Gasteiger partial charge on any atom is 0.329 e. The van der Waals surface area contributed by atoms with Gasteiger partial charge in [-0.05, 0) is 27.2 Å². The standard InChI is InChI=1S/C11H22N2O4/c1-6-11(4,8(14)15)13-9(16)12-7-10(2,3)17-5/h6-7H2,1-5H3,(H,14,15)(H2,12,13,16). The van der Waals surface area contributed by atoms with Gasteiger partial charge in [0.1, 0.15) is 5.54 Å². The molecule has 6 nitrogen and oxygen atoms in total. The number of carboxylic acid groups (broad SMARTS) is 1. The van der Waals surface area contributed by atoms with Crippen LogP contribution in [0.1, 0.15) is 34.1 Å². The van der Waals surface area contributed by atoms with E-state index in [4.69, 9.17) is 9.84 Å². The van der Waals surface area contributed by atoms with Gasteiger partial charge in [-0.2, -0.15) is 0 Å². The maximum atomic E-state index is 11.5. The van der Waals surface area contributed by atoms with Crippen LogP contribution in [0.2, 0.25) is 0 Å². The number of carbonyl (C=O) groups is 2. The van der Waals surface area contributed by atoms with Crippen LogP contribution in [-0.2, 0) is 9.53 Å². The number of nitrogens with one attached hydrogen (secondary N) is 2. The molecule has 0 spiro atoms. The second kappa shape index (κ2) is 5.86. The normalized spacial score (nSPS) is 14.9. The lowest BCUT2D eigenvalue weighted by atomic mass is 10.00. The van der Waals surface area contributed by atoms with Crippen LogP contribution < -0.4 is 10.6 Å². The number of hydrogen-bond acceptors (Lipinski definition) is 3. The number of urea groups is 1. The Kier molecular flexibility index (Phi) is 5.41. The van der Waals surface area contributed by atoms with Gasteiger partial charge in [0.15, 0.2) is 0 Å². The molecule has 1 atom stereocenters. The van der Waals surface area contributed by atoms with Gasteiger partial charge in [-0.3, -0.25) is 0 Å². The van der Waals surface area contributed by atoms with Crippen molar-refractivity contribution < 1.29 is 19.4 Å². The van der Waals surface area contributed by atoms with Gasteiger partial charge in [0, 0.05) is 13.7 Å². The molecule has 0 bridgehead atoms. The first kappa shape index (κ1) is 15.7. The van der Waals surface area contributed by atoms with E-state index in [2.05, 4.69) is 10.6 Å². The van der Waals surface area contributed by atoms with Gasteiger partial charge in [-0.15, -0.1) is 0 Å². The summed E-state index contributed by atoms with van der Waals surface area (Å²) in [6.45, 7) is 7.12. The Balaban J connectivity index is 4.32. The number of ether oxygens (including phenoxy) is 1. The van der Waals surface area contributed by atoms with Crippen molar-refractivity contribution in [3.63, 3.8) is 0 Å². The first-order valence-corrected chi connectivity index (χ1v) is 5.51. The van der Waals surface area contributed by atoms with Crippen molar-refractivity contribution in [3.8, 4) is 0 Å². The van der Waals surface area contributed by atoms with Crippen LogP contribution in [0, 0.1) is 0 Å². The minimum atomic E-state index is -1.25. The van der Waals surface area contributed by atoms with Crippen LogP contribution in [0.25, 0.3) is 0 Å². The van der Waals surface area contributed by atoms with Crippen molar-refractivity contribution in [2.75, 3.05) is 13.7 Å². The predicted molar refractivity (Wildman–Crippen MR) is 64.0 cm³/mol. The molecule has 100 valence electrons. The molecule has 3 N–H and O–H groups in total. The number of aliphatic carboxylic acids is 1. The summed E-state index contributed by atoms with van der Waals surface area (Å²) in [5.41, 5.74) is -1.73. The first-order chi connectivity index (χ1) is 7.67. The van der Waals surface area contributed by atoms with Crippen LogP contribution in [-0.4, -0.2) is 41.9 Å². The lowest BCUT2D eigenvalue weighted by molar-refractivity contribution is -0.143. The monoisotopic (exact) mass is 246 g/mol. The van der Waals surface area contributed by atoms with Gasteiger partial charge >= 0.3 is 12.0 Å². The highest BCUT2D eigenvalue weighted by Crippen LogP contribution is 2.09. The summed E-state index contributed by atoms with van der Waals surface area (Å²) in [5, 5.41) is 14.0. The molecule has 0 aliphatic carbocycles. The van der Waals surface area contributed by atoms with Gasteiger partial charge in [0.2, 0.25) is 0 Å². The average Bonchev–Trinajstić information content (AvgIpc) is 2.26. The van der Waals surface area contributed by atoms with Gasteiger partial charge in [-0.25, -0.2) is 9.59 Å². The van der Waals surface area contributed by atoms with E-state index in [-0.39, 0.29) is 0 Å². The van der Waals surface area contributed by atoms with Gasteiger partial charge in [0.25, 0.3) is 0 Å². The fraction of sp³-hybridized carbons (Fsp3) is 0.818. The Bertz CT molecular complexity index is 291. The van der Waals surface area contributed by atoms with Crippen molar-refractivity contribution in [3.05, 3.63) is 0 Å². The summed E-state index contributed by atoms with van der Waals surface area (Å²) in [6, 6.07) is -0.512. The van der Waals surface area contributed by atoms with E-state index in [0.717, 1.165) is 0 Å². The molecule has 0 saturated heterocycles. The topological polar surface area (TPSA) is 87.7 Å². The molecule has 6 heteroatoms. The van der Waals surface area contributed by atoms with Crippen LogP contribution in [0.5, 0.6) is 0 Å². The third-order valence-corrected chi connectivity index (χ3v) is 2.80. The third-order valence-electron chi connectivity index (χ3n) is 2.80. The largest absolute Gasteiger partial charge is 0.480 e. The quantitative estimate of drug-likeness (QED) is 0.651. The Hall–Kier alpha value is -1.30. The Morgan fingerprint density at radius 1 is 1.29 bits per heavy atom. The number of carbonyl (C=O) groups excluding carboxylic acids is 1. The molecule has 0 aliphatic heterocycles. The maximum absolute atomic E-state index is 11.5. The van der Waals surface area contributed by atoms with Gasteiger partial charge in [-0.1, -0.05) is 6.92 Å². The third kappa shape index (κ3) is 5.04. The summed E-state index contributed by atoms with van der Waals surface area (Å²) < 4.78 is 5.13. The second-order valence-corrected chi connectivity index (χ2v) is 4.76. The highest BCUT2D eigenvalue weighted by Gasteiger charge is 2.33. The zero-order valence-electron chi connectivity index (χ0n) is 11.1. The minimum absolute atomic E-state index is 0.300. The highest BCUT2D eigenvalue weighted by molar-refractivity contribution is 5.85. The van der Waals surface area contributed by atoms with Gasteiger partial charge < -0.3 is 20.5 Å². The fourth-order valence-corrected chi connectivity index (χ4v) is 0.953. The van der Waals surface area contributed by atoms with E-state index in [0.29, 0.717) is 13.0 Å². The van der Waals surface area contributed by atoms with Crippen LogP contribution in [0.15, 0.2) is 0 Å². The van der Waals surface area contributed by atoms with E-state index in [1.54, 1.807) is 14.0 Å². The van der Waals surface area contributed by atoms with Crippen LogP contribution in [0.3, 0.4) is 0 Å². The van der Waals surface area contributed by atoms with Gasteiger partial charge in [0.05, 0.1) is 5.60 Å². The molecular weight excluding hydrogens is 224 g/mol. The van der Waals surface area contributed by atoms with E-state index in [1.165, 1.54) is 6.92 Å². The molecular formula is C11H22N2O4. The van der Waals surface area contributed by atoms with Crippen molar-refractivity contribution in [1.82, 2.24) is 10.6 Å². The molecule has 17 heavy (non-hydrogen) atoms. The van der Waals surface area contributed by atoms with E-state index in [9.17, 15) is 9.59 Å². The first-order valence-electron chi connectivity index (χ1n) is 5.51. The summed E-state index contributed by atoms with van der Waals surface area (Å²) in [6.07, 6.45) is 0.309. The summed E-state index contributed by atoms with van der Waals surface area (Å²) in [4.78, 5) is 22.5. The zero-order chi connectivity index (χ0) is 13.7. The van der Waals surface area contributed by atoms with Crippen LogP contribution in [0.4, 0.5) is 4.79 Å². The lowest BCUT2D eigenvalue weighted by Crippen LogP contribution is -2.56. The number of hydrogen-bond donors (Lipinski definition) is 3. The molecule has 1 unspecified atom stereocenters. The highest BCUT2D eigenvalue weighted by atomic mass is 16.5. The van der Waals surface area contributed by atoms with E-state index in [1.807, 2.05) is 13.8 Å². The predicted octanol–water partition coefficient (Wildman–Crippen LogP) is 0.964. The van der Waals surface area contributed by atoms with Crippen molar-refractivity contribution in [2.24, 2.45) is 0 Å². The SMILES string of the molecule is CCC(C)(NC(=O)NCC(C)(C)OC)C(=O)O. The second-order valence-electron chi connectivity index (χ2n) is 4.76. The molecule has 2 amide bonds. The minimum Gasteiger partial charge on any atom is -0.480 e. The summed E-state index contributed by atoms with van der Waals surface area (Å²) >= 11 is 0. The van der Waals surface area contributed by atoms with Crippen LogP contribution >= 0.6 is 0 Å². The Morgan fingerprint density at radius 2 is 1.82 bits per heavy atom. The molecule has 0 aliphatic rings. The zero-order valence-corrected chi connectivity index (χ0v) is 11.1. The number of rotatable bonds is 6. The van der Waals surface area contributed by atoms with E-state index < -0.39 is 23.1 Å². The smallest absolute Gasteiger partial charge is 0.329 e. The lowest BCUT2D eigenvalue weighted by Gasteiger charge is -2.27. The number of carboxylic acids is 1. The Labute approximate surface area is 102 Å². The molecule has 0 aromatic heterocycles. The molecule has 0 aromatic rings. The summed E-state index contributed by atoms with van der Waals surface area (Å²) in [7, 11) is 1.55. The summed E-state index contributed by atoms with van der Waals surface area (Å²) in [5.74, 6) is -1.05. The van der Waals surface area contributed by atoms with Crippen molar-refractivity contribution in [2.45, 2.75) is 45.3 Å². The molecule has 0 aromatic carbocycles. The van der Waals surface area contributed by atoms with Crippen molar-refractivity contribution in [1.29, 1.82) is 0 Å². The van der Waals surface area contributed by atoms with E-state index >= 15 is 0 Å². The molecule has 0 fully saturated rings. The molecule has 0 rings (SSSR count). The number of amides is 2. The number of methoxy groups -OCH3 is 1. The van der Waals surface area contributed by atoms with Crippen molar-refractivity contribution >= 4 is 12.0 Å². The Morgan fingerprint density at radius 3 is 2.18 bits per heavy atom. The fourth-order valence-electron chi connectivity index (χ4n) is 0.953.